The molecule has 0 aromatic heterocycles. The molecule has 1 aliphatic heterocycles. The zero-order valence-corrected chi connectivity index (χ0v) is 11.1. The summed E-state index contributed by atoms with van der Waals surface area (Å²) < 4.78 is 11.6. The monoisotopic (exact) mass is 275 g/mol. The van der Waals surface area contributed by atoms with Crippen LogP contribution in [0.2, 0.25) is 5.02 Å². The fourth-order valence-electron chi connectivity index (χ4n) is 2.14. The van der Waals surface area contributed by atoms with E-state index in [4.69, 9.17) is 26.8 Å². The van der Waals surface area contributed by atoms with Crippen molar-refractivity contribution in [1.29, 1.82) is 0 Å². The van der Waals surface area contributed by atoms with Gasteiger partial charge in [0, 0.05) is 22.7 Å². The van der Waals surface area contributed by atoms with Crippen LogP contribution in [0.3, 0.4) is 0 Å². The Morgan fingerprint density at radius 2 is 1.89 bits per heavy atom. The van der Waals surface area contributed by atoms with Gasteiger partial charge in [-0.05, 0) is 12.1 Å². The number of ether oxygens (including phenoxy) is 2. The third-order valence-corrected chi connectivity index (χ3v) is 3.44. The number of hydrogen-bond acceptors (Lipinski definition) is 3. The van der Waals surface area contributed by atoms with Crippen LogP contribution in [-0.4, -0.2) is 19.3 Å². The van der Waals surface area contributed by atoms with Crippen molar-refractivity contribution in [2.75, 3.05) is 13.2 Å². The van der Waals surface area contributed by atoms with Gasteiger partial charge in [-0.3, -0.25) is 0 Å². The SMILES string of the molecule is NCC1COc2cccc(-c3ccccc3Cl)c2O1. The zero-order chi connectivity index (χ0) is 13.2. The number of para-hydroxylation sites is 1. The molecule has 0 aliphatic carbocycles. The van der Waals surface area contributed by atoms with Gasteiger partial charge in [0.2, 0.25) is 0 Å². The van der Waals surface area contributed by atoms with E-state index in [1.54, 1.807) is 0 Å². The summed E-state index contributed by atoms with van der Waals surface area (Å²) in [4.78, 5) is 0. The van der Waals surface area contributed by atoms with Crippen molar-refractivity contribution in [1.82, 2.24) is 0 Å². The summed E-state index contributed by atoms with van der Waals surface area (Å²) >= 11 is 6.25. The molecule has 1 aliphatic rings. The van der Waals surface area contributed by atoms with Crippen LogP contribution in [0.4, 0.5) is 0 Å². The van der Waals surface area contributed by atoms with E-state index in [0.717, 1.165) is 22.6 Å². The zero-order valence-electron chi connectivity index (χ0n) is 10.3. The molecule has 4 heteroatoms. The lowest BCUT2D eigenvalue weighted by atomic mass is 10.0. The van der Waals surface area contributed by atoms with Crippen molar-refractivity contribution >= 4 is 11.6 Å². The number of hydrogen-bond donors (Lipinski definition) is 1. The molecule has 0 amide bonds. The molecule has 19 heavy (non-hydrogen) atoms. The van der Waals surface area contributed by atoms with E-state index in [-0.39, 0.29) is 6.10 Å². The van der Waals surface area contributed by atoms with Crippen LogP contribution in [0.5, 0.6) is 11.5 Å². The van der Waals surface area contributed by atoms with Crippen LogP contribution in [0.15, 0.2) is 42.5 Å². The van der Waals surface area contributed by atoms with Gasteiger partial charge in [0.1, 0.15) is 12.7 Å². The fraction of sp³-hybridized carbons (Fsp3) is 0.200. The predicted molar refractivity (Wildman–Crippen MR) is 75.9 cm³/mol. The quantitative estimate of drug-likeness (QED) is 0.916. The lowest BCUT2D eigenvalue weighted by Gasteiger charge is -2.27. The summed E-state index contributed by atoms with van der Waals surface area (Å²) in [6.07, 6.45) is -0.115. The fourth-order valence-corrected chi connectivity index (χ4v) is 2.38. The molecule has 0 fully saturated rings. The molecule has 0 bridgehead atoms. The Morgan fingerprint density at radius 1 is 1.11 bits per heavy atom. The minimum absolute atomic E-state index is 0.115. The average Bonchev–Trinajstić information content (AvgIpc) is 2.47. The first-order valence-electron chi connectivity index (χ1n) is 6.17. The second kappa shape index (κ2) is 5.11. The molecule has 0 saturated carbocycles. The van der Waals surface area contributed by atoms with Crippen molar-refractivity contribution in [3.8, 4) is 22.6 Å². The van der Waals surface area contributed by atoms with E-state index in [1.807, 2.05) is 42.5 Å². The van der Waals surface area contributed by atoms with Gasteiger partial charge < -0.3 is 15.2 Å². The Balaban J connectivity index is 2.11. The summed E-state index contributed by atoms with van der Waals surface area (Å²) in [5.74, 6) is 1.46. The lowest BCUT2D eigenvalue weighted by Crippen LogP contribution is -2.35. The van der Waals surface area contributed by atoms with E-state index >= 15 is 0 Å². The number of nitrogens with two attached hydrogens (primary N) is 1. The number of fused-ring (bicyclic) bond motifs is 1. The first-order chi connectivity index (χ1) is 9.29. The van der Waals surface area contributed by atoms with Crippen LogP contribution in [0.25, 0.3) is 11.1 Å². The summed E-state index contributed by atoms with van der Waals surface area (Å²) in [7, 11) is 0. The van der Waals surface area contributed by atoms with Crippen molar-refractivity contribution in [3.63, 3.8) is 0 Å². The Kier molecular flexibility index (Phi) is 3.32. The number of rotatable bonds is 2. The maximum Gasteiger partial charge on any atom is 0.169 e. The average molecular weight is 276 g/mol. The Morgan fingerprint density at radius 3 is 2.68 bits per heavy atom. The third kappa shape index (κ3) is 2.27. The summed E-state index contributed by atoms with van der Waals surface area (Å²) in [5, 5.41) is 0.689. The van der Waals surface area contributed by atoms with Crippen molar-refractivity contribution in [3.05, 3.63) is 47.5 Å². The molecule has 0 saturated heterocycles. The standard InChI is InChI=1S/C15H14ClNO2/c16-13-6-2-1-4-11(13)12-5-3-7-14-15(12)19-10(8-17)9-18-14/h1-7,10H,8-9,17H2. The van der Waals surface area contributed by atoms with Gasteiger partial charge in [-0.1, -0.05) is 41.9 Å². The van der Waals surface area contributed by atoms with Gasteiger partial charge in [0.15, 0.2) is 11.5 Å². The maximum absolute atomic E-state index is 6.25. The second-order valence-corrected chi connectivity index (χ2v) is 4.81. The van der Waals surface area contributed by atoms with Crippen LogP contribution in [-0.2, 0) is 0 Å². The van der Waals surface area contributed by atoms with E-state index < -0.39 is 0 Å². The predicted octanol–water partition coefficient (Wildman–Crippen LogP) is 3.11. The van der Waals surface area contributed by atoms with Gasteiger partial charge in [-0.2, -0.15) is 0 Å². The third-order valence-electron chi connectivity index (χ3n) is 3.12. The van der Waals surface area contributed by atoms with E-state index in [1.165, 1.54) is 0 Å². The summed E-state index contributed by atoms with van der Waals surface area (Å²) in [5.41, 5.74) is 7.51. The van der Waals surface area contributed by atoms with E-state index in [2.05, 4.69) is 0 Å². The number of benzene rings is 2. The Bertz CT molecular complexity index is 600. The highest BCUT2D eigenvalue weighted by Crippen LogP contribution is 2.42. The molecule has 3 rings (SSSR count). The molecule has 0 radical (unpaired) electrons. The molecular weight excluding hydrogens is 262 g/mol. The molecule has 1 unspecified atom stereocenters. The second-order valence-electron chi connectivity index (χ2n) is 4.40. The minimum Gasteiger partial charge on any atom is -0.486 e. The smallest absolute Gasteiger partial charge is 0.169 e. The largest absolute Gasteiger partial charge is 0.486 e. The molecule has 98 valence electrons. The van der Waals surface area contributed by atoms with Gasteiger partial charge in [0.05, 0.1) is 0 Å². The van der Waals surface area contributed by atoms with Crippen LogP contribution < -0.4 is 15.2 Å². The first-order valence-corrected chi connectivity index (χ1v) is 6.55. The Hall–Kier alpha value is -1.71. The van der Waals surface area contributed by atoms with E-state index in [9.17, 15) is 0 Å². The highest BCUT2D eigenvalue weighted by atomic mass is 35.5. The van der Waals surface area contributed by atoms with Crippen molar-refractivity contribution in [2.45, 2.75) is 6.10 Å². The van der Waals surface area contributed by atoms with Crippen molar-refractivity contribution < 1.29 is 9.47 Å². The van der Waals surface area contributed by atoms with Gasteiger partial charge in [-0.25, -0.2) is 0 Å². The van der Waals surface area contributed by atoms with Crippen molar-refractivity contribution in [2.24, 2.45) is 5.73 Å². The maximum atomic E-state index is 6.25. The first kappa shape index (κ1) is 12.3. The van der Waals surface area contributed by atoms with Gasteiger partial charge >= 0.3 is 0 Å². The van der Waals surface area contributed by atoms with Crippen LogP contribution in [0.1, 0.15) is 0 Å². The highest BCUT2D eigenvalue weighted by Gasteiger charge is 2.23. The highest BCUT2D eigenvalue weighted by molar-refractivity contribution is 6.33. The summed E-state index contributed by atoms with van der Waals surface area (Å²) in [6.45, 7) is 0.909. The Labute approximate surface area is 116 Å². The molecule has 1 atom stereocenters. The molecule has 2 aromatic carbocycles. The molecule has 0 spiro atoms. The molecular formula is C15H14ClNO2. The lowest BCUT2D eigenvalue weighted by molar-refractivity contribution is 0.0976. The topological polar surface area (TPSA) is 44.5 Å². The molecule has 2 N–H and O–H groups in total. The van der Waals surface area contributed by atoms with Gasteiger partial charge in [0.25, 0.3) is 0 Å². The minimum atomic E-state index is -0.115. The number of halogens is 1. The molecule has 2 aromatic rings. The van der Waals surface area contributed by atoms with E-state index in [0.29, 0.717) is 18.2 Å². The summed E-state index contributed by atoms with van der Waals surface area (Å²) in [6, 6.07) is 13.5. The normalized spacial score (nSPS) is 17.3. The van der Waals surface area contributed by atoms with Crippen LogP contribution >= 0.6 is 11.6 Å². The molecule has 3 nitrogen and oxygen atoms in total. The molecule has 1 heterocycles. The van der Waals surface area contributed by atoms with Gasteiger partial charge in [-0.15, -0.1) is 0 Å². The van der Waals surface area contributed by atoms with Crippen LogP contribution in [0, 0.1) is 0 Å².